The van der Waals surface area contributed by atoms with E-state index in [2.05, 4.69) is 10.2 Å². The Morgan fingerprint density at radius 1 is 1.10 bits per heavy atom. The number of ether oxygens (including phenoxy) is 1. The number of rotatable bonds is 7. The molecule has 0 fully saturated rings. The minimum absolute atomic E-state index is 0.313. The van der Waals surface area contributed by atoms with E-state index < -0.39 is 11.7 Å². The van der Waals surface area contributed by atoms with Gasteiger partial charge in [-0.15, -0.1) is 10.2 Å². The Morgan fingerprint density at radius 3 is 2.55 bits per heavy atom. The second-order valence-electron chi connectivity index (χ2n) is 6.65. The molecule has 0 aliphatic carbocycles. The summed E-state index contributed by atoms with van der Waals surface area (Å²) in [7, 11) is 0. The molecule has 0 radical (unpaired) electrons. The Balaban J connectivity index is 1.72. The lowest BCUT2D eigenvalue weighted by molar-refractivity contribution is -0.137. The van der Waals surface area contributed by atoms with E-state index in [1.165, 1.54) is 23.9 Å². The number of halogens is 3. The number of hydrogen-bond donors (Lipinski definition) is 0. The van der Waals surface area contributed by atoms with E-state index in [1.807, 2.05) is 49.6 Å². The topological polar surface area (TPSA) is 39.9 Å². The monoisotopic (exact) mass is 421 g/mol. The van der Waals surface area contributed by atoms with Crippen LogP contribution in [0.2, 0.25) is 0 Å². The molecule has 29 heavy (non-hydrogen) atoms. The van der Waals surface area contributed by atoms with E-state index in [0.717, 1.165) is 17.4 Å². The van der Waals surface area contributed by atoms with Crippen molar-refractivity contribution in [1.29, 1.82) is 0 Å². The Kier molecular flexibility index (Phi) is 6.52. The summed E-state index contributed by atoms with van der Waals surface area (Å²) in [5.41, 5.74) is 1.04. The van der Waals surface area contributed by atoms with Gasteiger partial charge >= 0.3 is 6.18 Å². The fraction of sp³-hybridized carbons (Fsp3) is 0.333. The summed E-state index contributed by atoms with van der Waals surface area (Å²) in [6.07, 6.45) is -4.66. The quantitative estimate of drug-likeness (QED) is 0.435. The lowest BCUT2D eigenvalue weighted by atomic mass is 10.1. The number of aryl methyl sites for hydroxylation is 1. The highest BCUT2D eigenvalue weighted by molar-refractivity contribution is 7.98. The lowest BCUT2D eigenvalue weighted by Crippen LogP contribution is -2.12. The average Bonchev–Trinajstić information content (AvgIpc) is 3.09. The summed E-state index contributed by atoms with van der Waals surface area (Å²) in [6, 6.07) is 13.1. The molecule has 154 valence electrons. The Bertz CT molecular complexity index is 972. The first-order valence-corrected chi connectivity index (χ1v) is 10.2. The number of aromatic nitrogens is 3. The fourth-order valence-corrected chi connectivity index (χ4v) is 3.89. The molecule has 0 aliphatic rings. The Morgan fingerprint density at radius 2 is 1.86 bits per heavy atom. The van der Waals surface area contributed by atoms with Crippen molar-refractivity contribution in [2.45, 2.75) is 50.5 Å². The first kappa shape index (κ1) is 21.2. The highest BCUT2D eigenvalue weighted by Crippen LogP contribution is 2.31. The molecule has 4 nitrogen and oxygen atoms in total. The molecule has 1 aromatic heterocycles. The predicted octanol–water partition coefficient (Wildman–Crippen LogP) is 6.06. The SMILES string of the molecule is CCn1c(SCc2cccc(C(F)(F)F)c2)nnc1C(C)Oc1cccc(C)c1. The zero-order valence-corrected chi connectivity index (χ0v) is 17.2. The van der Waals surface area contributed by atoms with Gasteiger partial charge in [-0.25, -0.2) is 0 Å². The largest absolute Gasteiger partial charge is 0.483 e. The maximum absolute atomic E-state index is 12.9. The van der Waals surface area contributed by atoms with Gasteiger partial charge in [0.1, 0.15) is 5.75 Å². The molecule has 3 rings (SSSR count). The van der Waals surface area contributed by atoms with Gasteiger partial charge < -0.3 is 9.30 Å². The fourth-order valence-electron chi connectivity index (χ4n) is 2.94. The van der Waals surface area contributed by atoms with Crippen molar-refractivity contribution in [3.8, 4) is 5.75 Å². The van der Waals surface area contributed by atoms with Crippen LogP contribution in [0.4, 0.5) is 13.2 Å². The van der Waals surface area contributed by atoms with Crippen molar-refractivity contribution in [2.24, 2.45) is 0 Å². The third-order valence-electron chi connectivity index (χ3n) is 4.35. The van der Waals surface area contributed by atoms with Gasteiger partial charge in [-0.3, -0.25) is 0 Å². The molecule has 0 aliphatic heterocycles. The average molecular weight is 421 g/mol. The zero-order chi connectivity index (χ0) is 21.0. The van der Waals surface area contributed by atoms with Gasteiger partial charge in [-0.05, 0) is 50.1 Å². The number of nitrogens with zero attached hydrogens (tertiary/aromatic N) is 3. The summed E-state index contributed by atoms with van der Waals surface area (Å²) in [5, 5.41) is 9.14. The Labute approximate surface area is 172 Å². The molecule has 0 bridgehead atoms. The molecule has 0 saturated heterocycles. The van der Waals surface area contributed by atoms with Crippen molar-refractivity contribution in [2.75, 3.05) is 0 Å². The van der Waals surface area contributed by atoms with Gasteiger partial charge in [-0.2, -0.15) is 13.2 Å². The molecule has 0 amide bonds. The molecular weight excluding hydrogens is 399 g/mol. The van der Waals surface area contributed by atoms with Crippen LogP contribution < -0.4 is 4.74 Å². The molecule has 1 heterocycles. The molecule has 0 saturated carbocycles. The molecule has 1 atom stereocenters. The lowest BCUT2D eigenvalue weighted by Gasteiger charge is -2.16. The van der Waals surface area contributed by atoms with E-state index in [4.69, 9.17) is 4.74 Å². The summed E-state index contributed by atoms with van der Waals surface area (Å²) in [6.45, 7) is 6.50. The molecule has 3 aromatic rings. The van der Waals surface area contributed by atoms with Crippen LogP contribution in [0.5, 0.6) is 5.75 Å². The number of alkyl halides is 3. The predicted molar refractivity (Wildman–Crippen MR) is 107 cm³/mol. The number of hydrogen-bond acceptors (Lipinski definition) is 4. The first-order chi connectivity index (χ1) is 13.8. The normalized spacial score (nSPS) is 12.8. The van der Waals surface area contributed by atoms with Crippen LogP contribution in [0, 0.1) is 6.92 Å². The van der Waals surface area contributed by atoms with Gasteiger partial charge in [0, 0.05) is 12.3 Å². The third-order valence-corrected chi connectivity index (χ3v) is 5.39. The highest BCUT2D eigenvalue weighted by atomic mass is 32.2. The molecule has 1 unspecified atom stereocenters. The van der Waals surface area contributed by atoms with Crippen molar-refractivity contribution in [3.05, 3.63) is 71.0 Å². The van der Waals surface area contributed by atoms with Crippen LogP contribution in [-0.2, 0) is 18.5 Å². The van der Waals surface area contributed by atoms with Crippen molar-refractivity contribution in [1.82, 2.24) is 14.8 Å². The summed E-state index contributed by atoms with van der Waals surface area (Å²) >= 11 is 1.36. The minimum Gasteiger partial charge on any atom is -0.483 e. The molecule has 2 aromatic carbocycles. The molecule has 8 heteroatoms. The van der Waals surface area contributed by atoms with E-state index in [1.54, 1.807) is 6.07 Å². The van der Waals surface area contributed by atoms with Crippen LogP contribution in [-0.4, -0.2) is 14.8 Å². The third kappa shape index (κ3) is 5.32. The van der Waals surface area contributed by atoms with Gasteiger partial charge in [0.2, 0.25) is 0 Å². The van der Waals surface area contributed by atoms with Gasteiger partial charge in [0.05, 0.1) is 5.56 Å². The van der Waals surface area contributed by atoms with Crippen molar-refractivity contribution < 1.29 is 17.9 Å². The van der Waals surface area contributed by atoms with Crippen LogP contribution >= 0.6 is 11.8 Å². The van der Waals surface area contributed by atoms with Gasteiger partial charge in [0.25, 0.3) is 0 Å². The van der Waals surface area contributed by atoms with Crippen LogP contribution in [0.3, 0.4) is 0 Å². The summed E-state index contributed by atoms with van der Waals surface area (Å²) < 4.78 is 46.6. The van der Waals surface area contributed by atoms with Crippen LogP contribution in [0.1, 0.15) is 42.5 Å². The van der Waals surface area contributed by atoms with Crippen molar-refractivity contribution in [3.63, 3.8) is 0 Å². The maximum atomic E-state index is 12.9. The molecular formula is C21H22F3N3OS. The zero-order valence-electron chi connectivity index (χ0n) is 16.4. The summed E-state index contributed by atoms with van der Waals surface area (Å²) in [5.74, 6) is 1.80. The van der Waals surface area contributed by atoms with Gasteiger partial charge in [0.15, 0.2) is 17.1 Å². The molecule has 0 spiro atoms. The Hall–Kier alpha value is -2.48. The van der Waals surface area contributed by atoms with E-state index in [-0.39, 0.29) is 6.10 Å². The molecule has 0 N–H and O–H groups in total. The minimum atomic E-state index is -4.35. The number of thioether (sulfide) groups is 1. The van der Waals surface area contributed by atoms with E-state index >= 15 is 0 Å². The standard InChI is InChI=1S/C21H22F3N3OS/c1-4-27-19(15(3)28-18-10-5-7-14(2)11-18)25-26-20(27)29-13-16-8-6-9-17(12-16)21(22,23)24/h5-12,15H,4,13H2,1-3H3. The van der Waals surface area contributed by atoms with E-state index in [9.17, 15) is 13.2 Å². The highest BCUT2D eigenvalue weighted by Gasteiger charge is 2.30. The second kappa shape index (κ2) is 8.90. The summed E-state index contributed by atoms with van der Waals surface area (Å²) in [4.78, 5) is 0. The second-order valence-corrected chi connectivity index (χ2v) is 7.59. The number of benzene rings is 2. The van der Waals surface area contributed by atoms with Crippen molar-refractivity contribution >= 4 is 11.8 Å². The van der Waals surface area contributed by atoms with Crippen LogP contribution in [0.25, 0.3) is 0 Å². The smallest absolute Gasteiger partial charge is 0.416 e. The van der Waals surface area contributed by atoms with Gasteiger partial charge in [-0.1, -0.05) is 42.1 Å². The van der Waals surface area contributed by atoms with Crippen LogP contribution in [0.15, 0.2) is 53.7 Å². The first-order valence-electron chi connectivity index (χ1n) is 9.23. The maximum Gasteiger partial charge on any atom is 0.416 e. The van der Waals surface area contributed by atoms with E-state index in [0.29, 0.717) is 28.8 Å².